The van der Waals surface area contributed by atoms with Gasteiger partial charge in [-0.3, -0.25) is 4.79 Å². The molecule has 0 atom stereocenters. The van der Waals surface area contributed by atoms with E-state index in [4.69, 9.17) is 11.6 Å². The number of halogens is 2. The molecule has 1 N–H and O–H groups in total. The molecule has 3 nitrogen and oxygen atoms in total. The number of benzene rings is 1. The predicted molar refractivity (Wildman–Crippen MR) is 68.9 cm³/mol. The SMILES string of the molecule is CC1(C)NCCN(Cc2c(F)cccc2Cl)C1=O. The molecule has 0 unspecified atom stereocenters. The number of nitrogens with zero attached hydrogens (tertiary/aromatic N) is 1. The molecule has 1 amide bonds. The molecule has 1 aromatic carbocycles. The summed E-state index contributed by atoms with van der Waals surface area (Å²) in [7, 11) is 0. The van der Waals surface area contributed by atoms with Crippen LogP contribution in [-0.4, -0.2) is 29.4 Å². The fraction of sp³-hybridized carbons (Fsp3) is 0.462. The van der Waals surface area contributed by atoms with E-state index in [-0.39, 0.29) is 18.3 Å². The molecule has 1 saturated heterocycles. The van der Waals surface area contributed by atoms with Crippen LogP contribution in [0.5, 0.6) is 0 Å². The Hall–Kier alpha value is -1.13. The molecule has 1 aromatic rings. The van der Waals surface area contributed by atoms with Gasteiger partial charge in [0.05, 0.1) is 12.1 Å². The van der Waals surface area contributed by atoms with Crippen molar-refractivity contribution in [2.45, 2.75) is 25.9 Å². The van der Waals surface area contributed by atoms with Crippen LogP contribution in [0, 0.1) is 5.82 Å². The van der Waals surface area contributed by atoms with Crippen LogP contribution < -0.4 is 5.32 Å². The Labute approximate surface area is 111 Å². The van der Waals surface area contributed by atoms with Crippen LogP contribution in [-0.2, 0) is 11.3 Å². The van der Waals surface area contributed by atoms with Crippen molar-refractivity contribution in [3.05, 3.63) is 34.6 Å². The van der Waals surface area contributed by atoms with Crippen molar-refractivity contribution in [1.29, 1.82) is 0 Å². The zero-order chi connectivity index (χ0) is 13.3. The molecule has 1 aliphatic rings. The van der Waals surface area contributed by atoms with E-state index >= 15 is 0 Å². The van der Waals surface area contributed by atoms with E-state index in [9.17, 15) is 9.18 Å². The zero-order valence-corrected chi connectivity index (χ0v) is 11.2. The number of amides is 1. The number of carbonyl (C=O) groups is 1. The van der Waals surface area contributed by atoms with Crippen molar-refractivity contribution in [2.75, 3.05) is 13.1 Å². The number of piperazine rings is 1. The van der Waals surface area contributed by atoms with Gasteiger partial charge >= 0.3 is 0 Å². The maximum Gasteiger partial charge on any atom is 0.242 e. The Morgan fingerprint density at radius 1 is 1.50 bits per heavy atom. The van der Waals surface area contributed by atoms with Gasteiger partial charge in [-0.2, -0.15) is 0 Å². The van der Waals surface area contributed by atoms with Gasteiger partial charge in [-0.25, -0.2) is 4.39 Å². The van der Waals surface area contributed by atoms with Crippen LogP contribution in [0.1, 0.15) is 19.4 Å². The Balaban J connectivity index is 2.21. The highest BCUT2D eigenvalue weighted by Crippen LogP contribution is 2.23. The molecule has 0 saturated carbocycles. The highest BCUT2D eigenvalue weighted by atomic mass is 35.5. The number of rotatable bonds is 2. The first-order valence-electron chi connectivity index (χ1n) is 5.89. The van der Waals surface area contributed by atoms with E-state index in [1.54, 1.807) is 17.0 Å². The van der Waals surface area contributed by atoms with Gasteiger partial charge in [-0.1, -0.05) is 17.7 Å². The lowest BCUT2D eigenvalue weighted by molar-refractivity contribution is -0.140. The quantitative estimate of drug-likeness (QED) is 0.893. The molecule has 98 valence electrons. The molecule has 0 bridgehead atoms. The Morgan fingerprint density at radius 2 is 2.22 bits per heavy atom. The van der Waals surface area contributed by atoms with Gasteiger partial charge in [0.1, 0.15) is 5.82 Å². The summed E-state index contributed by atoms with van der Waals surface area (Å²) in [6, 6.07) is 4.56. The minimum atomic E-state index is -0.601. The zero-order valence-electron chi connectivity index (χ0n) is 10.5. The predicted octanol–water partition coefficient (Wildman–Crippen LogP) is 2.19. The van der Waals surface area contributed by atoms with E-state index in [0.717, 1.165) is 0 Å². The largest absolute Gasteiger partial charge is 0.335 e. The minimum absolute atomic E-state index is 0.0342. The second-order valence-electron chi connectivity index (χ2n) is 4.98. The molecule has 2 rings (SSSR count). The summed E-state index contributed by atoms with van der Waals surface area (Å²) in [5, 5.41) is 3.50. The molecule has 0 aliphatic carbocycles. The fourth-order valence-electron chi connectivity index (χ4n) is 2.10. The van der Waals surface area contributed by atoms with Crippen molar-refractivity contribution < 1.29 is 9.18 Å². The lowest BCUT2D eigenvalue weighted by Gasteiger charge is -2.38. The average Bonchev–Trinajstić information content (AvgIpc) is 2.29. The number of nitrogens with one attached hydrogen (secondary N) is 1. The molecule has 1 fully saturated rings. The van der Waals surface area contributed by atoms with Gasteiger partial charge in [0.2, 0.25) is 5.91 Å². The Morgan fingerprint density at radius 3 is 2.89 bits per heavy atom. The first-order chi connectivity index (χ1) is 8.42. The summed E-state index contributed by atoms with van der Waals surface area (Å²) in [6.45, 7) is 5.13. The van der Waals surface area contributed by atoms with Gasteiger partial charge in [-0.15, -0.1) is 0 Å². The first-order valence-corrected chi connectivity index (χ1v) is 6.27. The lowest BCUT2D eigenvalue weighted by atomic mass is 10.0. The van der Waals surface area contributed by atoms with Gasteiger partial charge in [0.25, 0.3) is 0 Å². The third-order valence-electron chi connectivity index (χ3n) is 3.18. The van der Waals surface area contributed by atoms with Crippen LogP contribution in [0.3, 0.4) is 0 Å². The van der Waals surface area contributed by atoms with E-state index in [0.29, 0.717) is 23.7 Å². The molecule has 0 aromatic heterocycles. The number of hydrogen-bond acceptors (Lipinski definition) is 2. The third-order valence-corrected chi connectivity index (χ3v) is 3.54. The summed E-state index contributed by atoms with van der Waals surface area (Å²) in [5.74, 6) is -0.403. The Kier molecular flexibility index (Phi) is 3.59. The highest BCUT2D eigenvalue weighted by Gasteiger charge is 2.35. The summed E-state index contributed by atoms with van der Waals surface area (Å²) >= 11 is 5.97. The van der Waals surface area contributed by atoms with Crippen molar-refractivity contribution in [3.8, 4) is 0 Å². The maximum absolute atomic E-state index is 13.7. The summed E-state index contributed by atoms with van der Waals surface area (Å²) in [5.41, 5.74) is -0.221. The summed E-state index contributed by atoms with van der Waals surface area (Å²) in [4.78, 5) is 13.8. The van der Waals surface area contributed by atoms with Crippen molar-refractivity contribution in [3.63, 3.8) is 0 Å². The van der Waals surface area contributed by atoms with Crippen LogP contribution >= 0.6 is 11.6 Å². The highest BCUT2D eigenvalue weighted by molar-refractivity contribution is 6.31. The van der Waals surface area contributed by atoms with E-state index in [2.05, 4.69) is 5.32 Å². The molecule has 18 heavy (non-hydrogen) atoms. The van der Waals surface area contributed by atoms with Gasteiger partial charge in [-0.05, 0) is 26.0 Å². The summed E-state index contributed by atoms with van der Waals surface area (Å²) in [6.07, 6.45) is 0. The second-order valence-corrected chi connectivity index (χ2v) is 5.39. The molecule has 5 heteroatoms. The van der Waals surface area contributed by atoms with Gasteiger partial charge < -0.3 is 10.2 Å². The molecular formula is C13H16ClFN2O. The fourth-order valence-corrected chi connectivity index (χ4v) is 2.32. The first kappa shape index (κ1) is 13.3. The topological polar surface area (TPSA) is 32.3 Å². The van der Waals surface area contributed by atoms with E-state index < -0.39 is 5.54 Å². The van der Waals surface area contributed by atoms with E-state index in [1.807, 2.05) is 13.8 Å². The number of hydrogen-bond donors (Lipinski definition) is 1. The van der Waals surface area contributed by atoms with Gasteiger partial charge in [0, 0.05) is 23.7 Å². The van der Waals surface area contributed by atoms with E-state index in [1.165, 1.54) is 6.07 Å². The smallest absolute Gasteiger partial charge is 0.242 e. The van der Waals surface area contributed by atoms with Crippen molar-refractivity contribution >= 4 is 17.5 Å². The Bertz CT molecular complexity index is 456. The van der Waals surface area contributed by atoms with Crippen LogP contribution in [0.15, 0.2) is 18.2 Å². The summed E-state index contributed by atoms with van der Waals surface area (Å²) < 4.78 is 13.7. The van der Waals surface area contributed by atoms with Crippen LogP contribution in [0.25, 0.3) is 0 Å². The van der Waals surface area contributed by atoms with Crippen molar-refractivity contribution in [2.24, 2.45) is 0 Å². The lowest BCUT2D eigenvalue weighted by Crippen LogP contribution is -2.60. The molecule has 0 radical (unpaired) electrons. The molecular weight excluding hydrogens is 255 g/mol. The van der Waals surface area contributed by atoms with Crippen LogP contribution in [0.2, 0.25) is 5.02 Å². The standard InChI is InChI=1S/C13H16ClFN2O/c1-13(2)12(18)17(7-6-16-13)8-9-10(14)4-3-5-11(9)15/h3-5,16H,6-8H2,1-2H3. The molecule has 0 spiro atoms. The molecule has 1 heterocycles. The third kappa shape index (κ3) is 2.49. The number of carbonyl (C=O) groups excluding carboxylic acids is 1. The maximum atomic E-state index is 13.7. The second kappa shape index (κ2) is 4.86. The monoisotopic (exact) mass is 270 g/mol. The average molecular weight is 271 g/mol. The van der Waals surface area contributed by atoms with Gasteiger partial charge in [0.15, 0.2) is 0 Å². The normalized spacial score (nSPS) is 19.1. The van der Waals surface area contributed by atoms with Crippen LogP contribution in [0.4, 0.5) is 4.39 Å². The molecule has 1 aliphatic heterocycles. The minimum Gasteiger partial charge on any atom is -0.335 e. The van der Waals surface area contributed by atoms with Crippen molar-refractivity contribution in [1.82, 2.24) is 10.2 Å².